The molecule has 11 nitrogen and oxygen atoms in total. The number of hydrogen-bond acceptors (Lipinski definition) is 7. The van der Waals surface area contributed by atoms with Crippen molar-refractivity contribution in [3.63, 3.8) is 0 Å². The fourth-order valence-electron chi connectivity index (χ4n) is 4.37. The zero-order valence-corrected chi connectivity index (χ0v) is 21.7. The molecule has 2 heterocycles. The van der Waals surface area contributed by atoms with Crippen molar-refractivity contribution in [2.75, 3.05) is 32.8 Å². The highest BCUT2D eigenvalue weighted by molar-refractivity contribution is 6.07. The predicted octanol–water partition coefficient (Wildman–Crippen LogP) is 1.63. The molecule has 1 aliphatic rings. The van der Waals surface area contributed by atoms with Crippen molar-refractivity contribution in [1.82, 2.24) is 25.8 Å². The molecule has 41 heavy (non-hydrogen) atoms. The van der Waals surface area contributed by atoms with Crippen LogP contribution in [0, 0.1) is 11.3 Å². The summed E-state index contributed by atoms with van der Waals surface area (Å²) < 4.78 is 33.0. The summed E-state index contributed by atoms with van der Waals surface area (Å²) in [5.74, 6) is -4.24. The van der Waals surface area contributed by atoms with Crippen LogP contribution in [0.5, 0.6) is 5.75 Å². The van der Waals surface area contributed by atoms with E-state index in [1.807, 2.05) is 18.2 Å². The van der Waals surface area contributed by atoms with Crippen LogP contribution in [-0.4, -0.2) is 78.8 Å². The van der Waals surface area contributed by atoms with Gasteiger partial charge in [0.25, 0.3) is 11.8 Å². The van der Waals surface area contributed by atoms with E-state index in [0.717, 1.165) is 16.0 Å². The summed E-state index contributed by atoms with van der Waals surface area (Å²) in [4.78, 5) is 52.2. The molecular formula is C28H26F2N6O5. The molecule has 1 unspecified atom stereocenters. The average molecular weight is 565 g/mol. The first kappa shape index (κ1) is 28.9. The predicted molar refractivity (Wildman–Crippen MR) is 143 cm³/mol. The van der Waals surface area contributed by atoms with Crippen LogP contribution in [0.3, 0.4) is 0 Å². The van der Waals surface area contributed by atoms with Crippen molar-refractivity contribution in [3.05, 3.63) is 60.3 Å². The molecule has 13 heteroatoms. The normalized spacial score (nSPS) is 15.5. The Labute approximate surface area is 233 Å². The standard InChI is InChI=1S/C28H26F2N6O5/c29-28(30)12-20(13-31)36(16-28)26(39)15-35-27(40)22-7-8-33-24-6-3-19(11-23(22)24)18-1-4-21(5-2-18)41-10-9-34-25(38)14-32-17-37/h1-8,11,17,20H,9-10,12,14-16H2,(H,32,37)(H,34,38)(H,35,40). The lowest BCUT2D eigenvalue weighted by molar-refractivity contribution is -0.131. The third-order valence-electron chi connectivity index (χ3n) is 6.35. The number of likely N-dealkylation sites (tertiary alicyclic amines) is 1. The van der Waals surface area contributed by atoms with Gasteiger partial charge in [0.2, 0.25) is 18.2 Å². The zero-order chi connectivity index (χ0) is 29.4. The van der Waals surface area contributed by atoms with Gasteiger partial charge in [-0.25, -0.2) is 8.78 Å². The second kappa shape index (κ2) is 12.8. The Hall–Kier alpha value is -5.12. The highest BCUT2D eigenvalue weighted by atomic mass is 19.3. The highest BCUT2D eigenvalue weighted by Gasteiger charge is 2.47. The Morgan fingerprint density at radius 2 is 1.85 bits per heavy atom. The number of nitrogens with zero attached hydrogens (tertiary/aromatic N) is 3. The van der Waals surface area contributed by atoms with E-state index in [2.05, 4.69) is 20.9 Å². The van der Waals surface area contributed by atoms with E-state index in [1.54, 1.807) is 30.3 Å². The summed E-state index contributed by atoms with van der Waals surface area (Å²) in [5.41, 5.74) is 2.41. The number of alkyl halides is 2. The van der Waals surface area contributed by atoms with Gasteiger partial charge in [-0.2, -0.15) is 5.26 Å². The Morgan fingerprint density at radius 1 is 1.10 bits per heavy atom. The molecule has 3 aromatic rings. The van der Waals surface area contributed by atoms with Crippen LogP contribution < -0.4 is 20.7 Å². The number of halogens is 2. The maximum absolute atomic E-state index is 13.7. The van der Waals surface area contributed by atoms with Crippen LogP contribution >= 0.6 is 0 Å². The molecule has 0 saturated carbocycles. The first-order valence-electron chi connectivity index (χ1n) is 12.6. The van der Waals surface area contributed by atoms with Gasteiger partial charge in [-0.3, -0.25) is 24.2 Å². The first-order chi connectivity index (χ1) is 19.7. The Morgan fingerprint density at radius 3 is 2.59 bits per heavy atom. The number of fused-ring (bicyclic) bond motifs is 1. The van der Waals surface area contributed by atoms with Crippen LogP contribution in [0.2, 0.25) is 0 Å². The fourth-order valence-corrected chi connectivity index (χ4v) is 4.37. The second-order valence-electron chi connectivity index (χ2n) is 9.22. The number of benzene rings is 2. The number of nitrogens with one attached hydrogen (secondary N) is 3. The fraction of sp³-hybridized carbons (Fsp3) is 0.286. The molecule has 4 rings (SSSR count). The van der Waals surface area contributed by atoms with Crippen molar-refractivity contribution in [3.8, 4) is 22.9 Å². The van der Waals surface area contributed by atoms with E-state index < -0.39 is 43.3 Å². The van der Waals surface area contributed by atoms with Crippen molar-refractivity contribution < 1.29 is 32.7 Å². The van der Waals surface area contributed by atoms with E-state index in [9.17, 15) is 28.0 Å². The second-order valence-corrected chi connectivity index (χ2v) is 9.22. The van der Waals surface area contributed by atoms with Crippen molar-refractivity contribution in [2.45, 2.75) is 18.4 Å². The van der Waals surface area contributed by atoms with Gasteiger partial charge in [0.15, 0.2) is 0 Å². The molecule has 0 radical (unpaired) electrons. The van der Waals surface area contributed by atoms with Crippen molar-refractivity contribution in [2.24, 2.45) is 0 Å². The monoisotopic (exact) mass is 564 g/mol. The van der Waals surface area contributed by atoms with Gasteiger partial charge < -0.3 is 25.6 Å². The minimum atomic E-state index is -3.14. The number of amides is 4. The summed E-state index contributed by atoms with van der Waals surface area (Å²) in [6.45, 7) is -1.01. The number of aromatic nitrogens is 1. The number of carbonyl (C=O) groups excluding carboxylic acids is 4. The summed E-state index contributed by atoms with van der Waals surface area (Å²) in [7, 11) is 0. The van der Waals surface area contributed by atoms with E-state index >= 15 is 0 Å². The van der Waals surface area contributed by atoms with Gasteiger partial charge >= 0.3 is 0 Å². The lowest BCUT2D eigenvalue weighted by atomic mass is 10.0. The largest absolute Gasteiger partial charge is 0.492 e. The molecule has 0 spiro atoms. The molecule has 0 bridgehead atoms. The molecule has 3 N–H and O–H groups in total. The number of ether oxygens (including phenoxy) is 1. The molecule has 1 atom stereocenters. The van der Waals surface area contributed by atoms with E-state index in [4.69, 9.17) is 10.00 Å². The van der Waals surface area contributed by atoms with Crippen molar-refractivity contribution in [1.29, 1.82) is 5.26 Å². The Balaban J connectivity index is 1.40. The number of rotatable bonds is 11. The molecule has 0 aliphatic carbocycles. The molecule has 4 amide bonds. The average Bonchev–Trinajstić information content (AvgIpc) is 3.31. The molecule has 1 saturated heterocycles. The molecule has 2 aromatic carbocycles. The Kier molecular flexibility index (Phi) is 9.03. The number of carbonyl (C=O) groups is 4. The molecular weight excluding hydrogens is 538 g/mol. The number of nitriles is 1. The van der Waals surface area contributed by atoms with Crippen LogP contribution in [0.25, 0.3) is 22.0 Å². The maximum Gasteiger partial charge on any atom is 0.268 e. The third kappa shape index (κ3) is 7.30. The minimum Gasteiger partial charge on any atom is -0.492 e. The number of pyridine rings is 1. The van der Waals surface area contributed by atoms with Gasteiger partial charge in [0.1, 0.15) is 18.4 Å². The molecule has 1 aromatic heterocycles. The van der Waals surface area contributed by atoms with E-state index in [-0.39, 0.29) is 31.2 Å². The molecule has 1 aliphatic heterocycles. The van der Waals surface area contributed by atoms with Crippen molar-refractivity contribution >= 4 is 35.0 Å². The quantitative estimate of drug-likeness (QED) is 0.236. The number of hydrogen-bond donors (Lipinski definition) is 3. The lowest BCUT2D eigenvalue weighted by Gasteiger charge is -2.19. The maximum atomic E-state index is 13.7. The van der Waals surface area contributed by atoms with Crippen LogP contribution in [0.15, 0.2) is 54.7 Å². The first-order valence-corrected chi connectivity index (χ1v) is 12.6. The minimum absolute atomic E-state index is 0.107. The third-order valence-corrected chi connectivity index (χ3v) is 6.35. The van der Waals surface area contributed by atoms with E-state index in [0.29, 0.717) is 23.1 Å². The summed E-state index contributed by atoms with van der Waals surface area (Å²) in [6, 6.07) is 14.5. The zero-order valence-electron chi connectivity index (χ0n) is 21.7. The summed E-state index contributed by atoms with van der Waals surface area (Å²) >= 11 is 0. The van der Waals surface area contributed by atoms with Gasteiger partial charge in [-0.1, -0.05) is 18.2 Å². The lowest BCUT2D eigenvalue weighted by Crippen LogP contribution is -2.43. The smallest absolute Gasteiger partial charge is 0.268 e. The topological polar surface area (TPSA) is 154 Å². The summed E-state index contributed by atoms with van der Waals surface area (Å²) in [6.07, 6.45) is 1.17. The SMILES string of the molecule is N#CC1CC(F)(F)CN1C(=O)CNC(=O)c1ccnc2ccc(-c3ccc(OCCNC(=O)CNC=O)cc3)cc12. The molecule has 1 fully saturated rings. The van der Waals surface area contributed by atoms with Gasteiger partial charge in [0.05, 0.1) is 43.3 Å². The van der Waals surface area contributed by atoms with Crippen LogP contribution in [-0.2, 0) is 14.4 Å². The van der Waals surface area contributed by atoms with E-state index in [1.165, 1.54) is 12.3 Å². The highest BCUT2D eigenvalue weighted by Crippen LogP contribution is 2.32. The van der Waals surface area contributed by atoms with Crippen LogP contribution in [0.1, 0.15) is 16.8 Å². The van der Waals surface area contributed by atoms with Gasteiger partial charge in [0, 0.05) is 18.0 Å². The Bertz CT molecular complexity index is 1490. The van der Waals surface area contributed by atoms with Crippen LogP contribution in [0.4, 0.5) is 8.78 Å². The summed E-state index contributed by atoms with van der Waals surface area (Å²) in [5, 5.41) is 17.0. The van der Waals surface area contributed by atoms with Gasteiger partial charge in [-0.05, 0) is 41.5 Å². The van der Waals surface area contributed by atoms with Gasteiger partial charge in [-0.15, -0.1) is 0 Å². The molecule has 212 valence electrons.